The van der Waals surface area contributed by atoms with Gasteiger partial charge in [0.15, 0.2) is 0 Å². The molecule has 100 valence electrons. The molecule has 1 aliphatic rings. The molecule has 0 bridgehead atoms. The molecule has 18 heavy (non-hydrogen) atoms. The number of pyridine rings is 1. The van der Waals surface area contributed by atoms with Gasteiger partial charge in [0, 0.05) is 19.6 Å². The lowest BCUT2D eigenvalue weighted by atomic mass is 10.0. The van der Waals surface area contributed by atoms with Crippen LogP contribution in [0.15, 0.2) is 18.2 Å². The quantitative estimate of drug-likeness (QED) is 0.837. The molecule has 3 heteroatoms. The Balaban J connectivity index is 1.88. The van der Waals surface area contributed by atoms with Crippen LogP contribution in [0.4, 0.5) is 5.82 Å². The Morgan fingerprint density at radius 1 is 1.39 bits per heavy atom. The SMILES string of the molecule is CCCC1CCN(Cc2cccc(NCC)n2)C1. The molecule has 1 fully saturated rings. The summed E-state index contributed by atoms with van der Waals surface area (Å²) in [7, 11) is 0. The van der Waals surface area contributed by atoms with Crippen molar-refractivity contribution < 1.29 is 0 Å². The second-order valence-electron chi connectivity index (χ2n) is 5.22. The van der Waals surface area contributed by atoms with E-state index in [1.54, 1.807) is 0 Å². The van der Waals surface area contributed by atoms with E-state index in [2.05, 4.69) is 41.2 Å². The van der Waals surface area contributed by atoms with Crippen LogP contribution in [0, 0.1) is 5.92 Å². The first-order chi connectivity index (χ1) is 8.81. The van der Waals surface area contributed by atoms with E-state index in [0.717, 1.165) is 24.8 Å². The van der Waals surface area contributed by atoms with Crippen LogP contribution in [0.2, 0.25) is 0 Å². The normalized spacial score (nSPS) is 20.2. The van der Waals surface area contributed by atoms with Gasteiger partial charge in [-0.25, -0.2) is 4.98 Å². The standard InChI is InChI=1S/C15H25N3/c1-3-6-13-9-10-18(11-13)12-14-7-5-8-15(17-14)16-4-2/h5,7-8,13H,3-4,6,9-12H2,1-2H3,(H,16,17). The molecule has 0 amide bonds. The van der Waals surface area contributed by atoms with Crippen LogP contribution in [0.3, 0.4) is 0 Å². The van der Waals surface area contributed by atoms with Crippen LogP contribution >= 0.6 is 0 Å². The third kappa shape index (κ3) is 3.70. The minimum Gasteiger partial charge on any atom is -0.370 e. The van der Waals surface area contributed by atoms with Gasteiger partial charge in [-0.3, -0.25) is 4.90 Å². The summed E-state index contributed by atoms with van der Waals surface area (Å²) in [6.45, 7) is 8.80. The summed E-state index contributed by atoms with van der Waals surface area (Å²) in [6.07, 6.45) is 4.05. The van der Waals surface area contributed by atoms with Gasteiger partial charge in [-0.05, 0) is 44.4 Å². The molecule has 0 aromatic carbocycles. The van der Waals surface area contributed by atoms with Gasteiger partial charge in [0.05, 0.1) is 5.69 Å². The van der Waals surface area contributed by atoms with Gasteiger partial charge in [-0.15, -0.1) is 0 Å². The highest BCUT2D eigenvalue weighted by atomic mass is 15.2. The van der Waals surface area contributed by atoms with Gasteiger partial charge >= 0.3 is 0 Å². The highest BCUT2D eigenvalue weighted by Gasteiger charge is 2.21. The number of hydrogen-bond acceptors (Lipinski definition) is 3. The number of rotatable bonds is 6. The van der Waals surface area contributed by atoms with Crippen molar-refractivity contribution >= 4 is 5.82 Å². The molecule has 1 aromatic heterocycles. The zero-order chi connectivity index (χ0) is 12.8. The third-order valence-corrected chi connectivity index (χ3v) is 3.62. The Hall–Kier alpha value is -1.09. The second kappa shape index (κ2) is 6.74. The molecule has 1 saturated heterocycles. The minimum atomic E-state index is 0.909. The summed E-state index contributed by atoms with van der Waals surface area (Å²) in [6, 6.07) is 6.27. The van der Waals surface area contributed by atoms with Crippen molar-refractivity contribution in [1.82, 2.24) is 9.88 Å². The van der Waals surface area contributed by atoms with Crippen LogP contribution < -0.4 is 5.32 Å². The molecule has 0 saturated carbocycles. The lowest BCUT2D eigenvalue weighted by molar-refractivity contribution is 0.309. The lowest BCUT2D eigenvalue weighted by Crippen LogP contribution is -2.21. The maximum atomic E-state index is 4.64. The van der Waals surface area contributed by atoms with Gasteiger partial charge in [0.25, 0.3) is 0 Å². The van der Waals surface area contributed by atoms with Crippen molar-refractivity contribution in [1.29, 1.82) is 0 Å². The number of anilines is 1. The molecule has 1 aromatic rings. The molecule has 3 nitrogen and oxygen atoms in total. The van der Waals surface area contributed by atoms with E-state index in [1.165, 1.54) is 38.0 Å². The zero-order valence-electron chi connectivity index (χ0n) is 11.7. The average Bonchev–Trinajstić information content (AvgIpc) is 2.78. The van der Waals surface area contributed by atoms with E-state index in [0.29, 0.717) is 0 Å². The highest BCUT2D eigenvalue weighted by Crippen LogP contribution is 2.22. The van der Waals surface area contributed by atoms with Gasteiger partial charge in [-0.1, -0.05) is 19.4 Å². The van der Waals surface area contributed by atoms with E-state index < -0.39 is 0 Å². The first-order valence-corrected chi connectivity index (χ1v) is 7.24. The maximum absolute atomic E-state index is 4.64. The summed E-state index contributed by atoms with van der Waals surface area (Å²) in [5.74, 6) is 1.91. The lowest BCUT2D eigenvalue weighted by Gasteiger charge is -2.16. The third-order valence-electron chi connectivity index (χ3n) is 3.62. The smallest absolute Gasteiger partial charge is 0.126 e. The fraction of sp³-hybridized carbons (Fsp3) is 0.667. The van der Waals surface area contributed by atoms with Crippen molar-refractivity contribution in [3.63, 3.8) is 0 Å². The summed E-state index contributed by atoms with van der Waals surface area (Å²) in [4.78, 5) is 7.18. The Morgan fingerprint density at radius 2 is 2.28 bits per heavy atom. The number of nitrogens with one attached hydrogen (secondary N) is 1. The Kier molecular flexibility index (Phi) is 5.00. The molecule has 1 unspecified atom stereocenters. The van der Waals surface area contributed by atoms with Crippen LogP contribution in [-0.2, 0) is 6.54 Å². The molecule has 2 heterocycles. The van der Waals surface area contributed by atoms with E-state index in [9.17, 15) is 0 Å². The Morgan fingerprint density at radius 3 is 3.06 bits per heavy atom. The summed E-state index contributed by atoms with van der Waals surface area (Å²) in [5.41, 5.74) is 1.19. The topological polar surface area (TPSA) is 28.2 Å². The summed E-state index contributed by atoms with van der Waals surface area (Å²) >= 11 is 0. The fourth-order valence-electron chi connectivity index (χ4n) is 2.78. The minimum absolute atomic E-state index is 0.909. The van der Waals surface area contributed by atoms with Crippen molar-refractivity contribution in [3.05, 3.63) is 23.9 Å². The zero-order valence-corrected chi connectivity index (χ0v) is 11.7. The van der Waals surface area contributed by atoms with Crippen molar-refractivity contribution in [2.24, 2.45) is 5.92 Å². The van der Waals surface area contributed by atoms with E-state index in [1.807, 2.05) is 6.07 Å². The number of likely N-dealkylation sites (tertiary alicyclic amines) is 1. The van der Waals surface area contributed by atoms with Crippen molar-refractivity contribution in [2.75, 3.05) is 25.0 Å². The van der Waals surface area contributed by atoms with Crippen molar-refractivity contribution in [3.8, 4) is 0 Å². The monoisotopic (exact) mass is 247 g/mol. The first-order valence-electron chi connectivity index (χ1n) is 7.24. The van der Waals surface area contributed by atoms with Gasteiger partial charge in [0.1, 0.15) is 5.82 Å². The molecular formula is C15H25N3. The Labute approximate surface area is 111 Å². The summed E-state index contributed by atoms with van der Waals surface area (Å²) < 4.78 is 0. The molecular weight excluding hydrogens is 222 g/mol. The average molecular weight is 247 g/mol. The van der Waals surface area contributed by atoms with Gasteiger partial charge < -0.3 is 5.32 Å². The van der Waals surface area contributed by atoms with Crippen LogP contribution in [0.5, 0.6) is 0 Å². The molecule has 2 rings (SSSR count). The van der Waals surface area contributed by atoms with E-state index in [4.69, 9.17) is 0 Å². The molecule has 1 aliphatic heterocycles. The Bertz CT molecular complexity index is 365. The second-order valence-corrected chi connectivity index (χ2v) is 5.22. The fourth-order valence-corrected chi connectivity index (χ4v) is 2.78. The first kappa shape index (κ1) is 13.3. The predicted octanol–water partition coefficient (Wildman–Crippen LogP) is 3.14. The van der Waals surface area contributed by atoms with E-state index >= 15 is 0 Å². The maximum Gasteiger partial charge on any atom is 0.126 e. The predicted molar refractivity (Wildman–Crippen MR) is 76.7 cm³/mol. The molecule has 1 atom stereocenters. The molecule has 0 aliphatic carbocycles. The number of aromatic nitrogens is 1. The molecule has 0 spiro atoms. The van der Waals surface area contributed by atoms with Crippen LogP contribution in [0.25, 0.3) is 0 Å². The van der Waals surface area contributed by atoms with Crippen LogP contribution in [-0.4, -0.2) is 29.5 Å². The van der Waals surface area contributed by atoms with Crippen LogP contribution in [0.1, 0.15) is 38.8 Å². The number of nitrogens with zero attached hydrogens (tertiary/aromatic N) is 2. The van der Waals surface area contributed by atoms with Gasteiger partial charge in [0.2, 0.25) is 0 Å². The van der Waals surface area contributed by atoms with E-state index in [-0.39, 0.29) is 0 Å². The number of hydrogen-bond donors (Lipinski definition) is 1. The molecule has 0 radical (unpaired) electrons. The summed E-state index contributed by atoms with van der Waals surface area (Å²) in [5, 5.41) is 3.27. The molecule has 1 N–H and O–H groups in total. The largest absolute Gasteiger partial charge is 0.370 e. The highest BCUT2D eigenvalue weighted by molar-refractivity contribution is 5.34. The van der Waals surface area contributed by atoms with Crippen molar-refractivity contribution in [2.45, 2.75) is 39.7 Å². The van der Waals surface area contributed by atoms with Gasteiger partial charge in [-0.2, -0.15) is 0 Å².